The first kappa shape index (κ1) is 19.8. The molecule has 1 unspecified atom stereocenters. The van der Waals surface area contributed by atoms with Crippen molar-refractivity contribution in [2.75, 3.05) is 31.6 Å². The third-order valence-corrected chi connectivity index (χ3v) is 6.21. The number of anilines is 1. The fourth-order valence-corrected chi connectivity index (χ4v) is 4.44. The van der Waals surface area contributed by atoms with Gasteiger partial charge in [0.05, 0.1) is 5.92 Å². The fraction of sp³-hybridized carbons (Fsp3) is 0.619. The summed E-state index contributed by atoms with van der Waals surface area (Å²) in [4.78, 5) is 27.9. The van der Waals surface area contributed by atoms with Gasteiger partial charge >= 0.3 is 0 Å². The Morgan fingerprint density at radius 3 is 2.44 bits per heavy atom. The fourth-order valence-electron chi connectivity index (χ4n) is 4.44. The van der Waals surface area contributed by atoms with Crippen molar-refractivity contribution in [1.29, 1.82) is 0 Å². The molecule has 0 aliphatic carbocycles. The lowest BCUT2D eigenvalue weighted by molar-refractivity contribution is -0.135. The van der Waals surface area contributed by atoms with E-state index in [1.165, 1.54) is 12.1 Å². The molecule has 2 heterocycles. The van der Waals surface area contributed by atoms with Crippen molar-refractivity contribution in [2.45, 2.75) is 39.5 Å². The number of carbonyl (C=O) groups is 2. The molecular weight excluding hydrogens is 347 g/mol. The molecule has 2 aliphatic heterocycles. The Hall–Kier alpha value is -1.95. The third kappa shape index (κ3) is 4.15. The van der Waals surface area contributed by atoms with E-state index >= 15 is 0 Å². The molecule has 2 aliphatic rings. The maximum atomic E-state index is 13.1. The monoisotopic (exact) mass is 376 g/mol. The summed E-state index contributed by atoms with van der Waals surface area (Å²) >= 11 is 0. The van der Waals surface area contributed by atoms with Crippen molar-refractivity contribution >= 4 is 17.5 Å². The minimum absolute atomic E-state index is 0.0146. The summed E-state index contributed by atoms with van der Waals surface area (Å²) in [6.07, 6.45) is 3.19. The number of hydrogen-bond acceptors (Lipinski definition) is 3. The molecule has 1 spiro atoms. The summed E-state index contributed by atoms with van der Waals surface area (Å²) in [5.41, 5.74) is 0.345. The second-order valence-corrected chi connectivity index (χ2v) is 7.76. The van der Waals surface area contributed by atoms with Gasteiger partial charge < -0.3 is 15.0 Å². The number of carbonyl (C=O) groups excluding carboxylic acids is 2. The van der Waals surface area contributed by atoms with Crippen LogP contribution in [-0.2, 0) is 14.3 Å². The summed E-state index contributed by atoms with van der Waals surface area (Å²) in [5.74, 6) is -0.534. The molecule has 3 rings (SSSR count). The summed E-state index contributed by atoms with van der Waals surface area (Å²) in [6.45, 7) is 6.37. The minimum Gasteiger partial charge on any atom is -0.381 e. The van der Waals surface area contributed by atoms with Crippen LogP contribution in [0.5, 0.6) is 0 Å². The Kier molecular flexibility index (Phi) is 6.15. The van der Waals surface area contributed by atoms with Gasteiger partial charge in [-0.25, -0.2) is 4.39 Å². The molecule has 0 saturated carbocycles. The predicted octanol–water partition coefficient (Wildman–Crippen LogP) is 3.46. The van der Waals surface area contributed by atoms with Crippen LogP contribution >= 0.6 is 0 Å². The number of halogens is 1. The zero-order chi connectivity index (χ0) is 19.4. The summed E-state index contributed by atoms with van der Waals surface area (Å²) in [7, 11) is 0. The highest BCUT2D eigenvalue weighted by Crippen LogP contribution is 2.45. The highest BCUT2D eigenvalue weighted by molar-refractivity contribution is 5.94. The van der Waals surface area contributed by atoms with Crippen LogP contribution in [0, 0.1) is 23.1 Å². The molecule has 2 fully saturated rings. The van der Waals surface area contributed by atoms with Crippen molar-refractivity contribution in [2.24, 2.45) is 17.3 Å². The molecule has 1 N–H and O–H groups in total. The van der Waals surface area contributed by atoms with Crippen molar-refractivity contribution in [1.82, 2.24) is 4.90 Å². The first-order chi connectivity index (χ1) is 13.0. The highest BCUT2D eigenvalue weighted by atomic mass is 19.1. The van der Waals surface area contributed by atoms with Gasteiger partial charge in [0.25, 0.3) is 0 Å². The molecule has 0 bridgehead atoms. The molecular formula is C21H29FN2O3. The molecule has 1 atom stereocenters. The van der Waals surface area contributed by atoms with Crippen LogP contribution in [-0.4, -0.2) is 43.0 Å². The summed E-state index contributed by atoms with van der Waals surface area (Å²) in [6, 6.07) is 5.78. The smallest absolute Gasteiger partial charge is 0.229 e. The topological polar surface area (TPSA) is 58.6 Å². The minimum atomic E-state index is -0.336. The van der Waals surface area contributed by atoms with Gasteiger partial charge in [0.15, 0.2) is 0 Å². The van der Waals surface area contributed by atoms with Crippen LogP contribution in [0.1, 0.15) is 39.5 Å². The molecule has 0 aromatic heterocycles. The Morgan fingerprint density at radius 2 is 1.85 bits per heavy atom. The highest BCUT2D eigenvalue weighted by Gasteiger charge is 2.52. The van der Waals surface area contributed by atoms with E-state index in [0.29, 0.717) is 32.0 Å². The van der Waals surface area contributed by atoms with E-state index in [4.69, 9.17) is 4.74 Å². The predicted molar refractivity (Wildman–Crippen MR) is 102 cm³/mol. The number of benzene rings is 1. The van der Waals surface area contributed by atoms with Gasteiger partial charge in [-0.05, 0) is 49.9 Å². The van der Waals surface area contributed by atoms with Crippen LogP contribution in [0.2, 0.25) is 0 Å². The van der Waals surface area contributed by atoms with Gasteiger partial charge in [-0.1, -0.05) is 13.8 Å². The van der Waals surface area contributed by atoms with Crippen LogP contribution in [0.25, 0.3) is 0 Å². The average Bonchev–Trinajstić information content (AvgIpc) is 3.04. The Bertz CT molecular complexity index is 667. The quantitative estimate of drug-likeness (QED) is 0.856. The van der Waals surface area contributed by atoms with Crippen molar-refractivity contribution in [3.05, 3.63) is 30.1 Å². The maximum absolute atomic E-state index is 13.1. The molecule has 148 valence electrons. The number of nitrogens with one attached hydrogen (secondary N) is 1. The number of amides is 2. The number of ether oxygens (including phenoxy) is 1. The first-order valence-corrected chi connectivity index (χ1v) is 9.92. The SMILES string of the molecule is CCC(CC)C(=O)N1CC(C(=O)Nc2ccc(F)cc2)C2(CCOCC2)C1. The molecule has 6 heteroatoms. The number of likely N-dealkylation sites (tertiary alicyclic amines) is 1. The normalized spacial score (nSPS) is 21.6. The molecule has 5 nitrogen and oxygen atoms in total. The number of rotatable bonds is 5. The molecule has 27 heavy (non-hydrogen) atoms. The second-order valence-electron chi connectivity index (χ2n) is 7.76. The van der Waals surface area contributed by atoms with E-state index in [1.807, 2.05) is 18.7 Å². The van der Waals surface area contributed by atoms with Crippen LogP contribution in [0.3, 0.4) is 0 Å². The van der Waals surface area contributed by atoms with Gasteiger partial charge in [-0.15, -0.1) is 0 Å². The van der Waals surface area contributed by atoms with Gasteiger partial charge in [-0.2, -0.15) is 0 Å². The average molecular weight is 376 g/mol. The van der Waals surface area contributed by atoms with E-state index in [0.717, 1.165) is 25.7 Å². The van der Waals surface area contributed by atoms with Gasteiger partial charge in [0.1, 0.15) is 5.82 Å². The number of nitrogens with zero attached hydrogens (tertiary/aromatic N) is 1. The van der Waals surface area contributed by atoms with Crippen LogP contribution in [0.15, 0.2) is 24.3 Å². The van der Waals surface area contributed by atoms with Gasteiger partial charge in [-0.3, -0.25) is 9.59 Å². The number of hydrogen-bond donors (Lipinski definition) is 1. The van der Waals surface area contributed by atoms with Crippen LogP contribution < -0.4 is 5.32 Å². The standard InChI is InChI=1S/C21H29FN2O3/c1-3-15(4-2)20(26)24-13-18(21(14-24)9-11-27-12-10-21)19(25)23-17-7-5-16(22)6-8-17/h5-8,15,18H,3-4,9-14H2,1-2H3,(H,23,25). The van der Waals surface area contributed by atoms with E-state index in [2.05, 4.69) is 5.32 Å². The third-order valence-electron chi connectivity index (χ3n) is 6.21. The zero-order valence-corrected chi connectivity index (χ0v) is 16.2. The zero-order valence-electron chi connectivity index (χ0n) is 16.2. The Balaban J connectivity index is 1.78. The second kappa shape index (κ2) is 8.38. The largest absolute Gasteiger partial charge is 0.381 e. The van der Waals surface area contributed by atoms with Gasteiger partial charge in [0, 0.05) is 43.3 Å². The lowest BCUT2D eigenvalue weighted by atomic mass is 9.71. The lowest BCUT2D eigenvalue weighted by Gasteiger charge is -2.37. The molecule has 1 aromatic carbocycles. The van der Waals surface area contributed by atoms with E-state index in [-0.39, 0.29) is 34.9 Å². The maximum Gasteiger partial charge on any atom is 0.229 e. The first-order valence-electron chi connectivity index (χ1n) is 9.92. The van der Waals surface area contributed by atoms with Crippen molar-refractivity contribution in [3.8, 4) is 0 Å². The molecule has 0 radical (unpaired) electrons. The van der Waals surface area contributed by atoms with E-state index in [9.17, 15) is 14.0 Å². The summed E-state index contributed by atoms with van der Waals surface area (Å²) < 4.78 is 18.6. The van der Waals surface area contributed by atoms with E-state index in [1.54, 1.807) is 12.1 Å². The van der Waals surface area contributed by atoms with Gasteiger partial charge in [0.2, 0.25) is 11.8 Å². The Labute approximate surface area is 160 Å². The molecule has 2 saturated heterocycles. The Morgan fingerprint density at radius 1 is 1.22 bits per heavy atom. The summed E-state index contributed by atoms with van der Waals surface area (Å²) in [5, 5.41) is 2.91. The molecule has 2 amide bonds. The van der Waals surface area contributed by atoms with Crippen LogP contribution in [0.4, 0.5) is 10.1 Å². The van der Waals surface area contributed by atoms with Crippen molar-refractivity contribution in [3.63, 3.8) is 0 Å². The van der Waals surface area contributed by atoms with Crippen molar-refractivity contribution < 1.29 is 18.7 Å². The lowest BCUT2D eigenvalue weighted by Crippen LogP contribution is -2.42. The molecule has 1 aromatic rings. The van der Waals surface area contributed by atoms with E-state index < -0.39 is 0 Å².